The second-order valence-corrected chi connectivity index (χ2v) is 12.5. The van der Waals surface area contributed by atoms with E-state index < -0.39 is 41.7 Å². The monoisotopic (exact) mass is 850 g/mol. The number of aliphatic carboxylic acids is 3. The number of aromatic carboxylic acids is 2. The number of aryl methyl sites for hydroxylation is 1. The molecule has 0 spiro atoms. The third kappa shape index (κ3) is 17.9. The molecule has 0 saturated heterocycles. The molecular formula is C44H42N4O14. The maximum atomic E-state index is 11.5. The number of para-hydroxylation sites is 1. The van der Waals surface area contributed by atoms with Gasteiger partial charge in [0.15, 0.2) is 0 Å². The zero-order valence-electron chi connectivity index (χ0n) is 33.7. The molecule has 2 heterocycles. The van der Waals surface area contributed by atoms with Gasteiger partial charge in [0.25, 0.3) is 0 Å². The fraction of sp³-hybridized carbons (Fsp3) is 0.136. The summed E-state index contributed by atoms with van der Waals surface area (Å²) < 4.78 is 5.26. The smallest absolute Gasteiger partial charge is 0.337 e. The van der Waals surface area contributed by atoms with Crippen molar-refractivity contribution in [3.05, 3.63) is 138 Å². The van der Waals surface area contributed by atoms with Crippen LogP contribution < -0.4 is 15.4 Å². The maximum absolute atomic E-state index is 11.5. The van der Waals surface area contributed by atoms with Crippen LogP contribution in [-0.2, 0) is 28.8 Å². The summed E-state index contributed by atoms with van der Waals surface area (Å²) >= 11 is 0. The molecule has 0 saturated carbocycles. The first-order chi connectivity index (χ1) is 29.3. The summed E-state index contributed by atoms with van der Waals surface area (Å²) in [5, 5.41) is 48.3. The standard InChI is InChI=1S/C16H12N2O2.C12H13NO4.C11H11NO4.C5H6O4/c1-10-4-5-14-12(7-10)13(16(19)20)8-15(18-14)11-3-2-6-17-9-11;1-2-17-10-5-3-4-9(8-10)13-11(14)6-7-12(15)16;1-7(13)6-10(14)12-9-5-3-2-4-8(9)11(15)16;1-3(5(8)9)2-4(6)7/h2-9H,1H3,(H,19,20);3-8H,2H2,1H3,(H,13,14)(H,15,16);2-5H,6H2,1H3,(H,12,14)(H,15,16);2H,1H3,(H,6,7)(H,8,9)/b;7-6-;;3-2-. The van der Waals surface area contributed by atoms with Crippen LogP contribution in [0.1, 0.15) is 53.5 Å². The number of ether oxygens (including phenoxy) is 1. The van der Waals surface area contributed by atoms with Gasteiger partial charge >= 0.3 is 29.8 Å². The van der Waals surface area contributed by atoms with Gasteiger partial charge in [0, 0.05) is 58.9 Å². The topological polar surface area (TPSA) is 297 Å². The van der Waals surface area contributed by atoms with Crippen molar-refractivity contribution in [3.63, 3.8) is 0 Å². The number of nitrogens with one attached hydrogen (secondary N) is 2. The van der Waals surface area contributed by atoms with E-state index in [1.165, 1.54) is 26.0 Å². The van der Waals surface area contributed by atoms with Crippen LogP contribution in [0.2, 0.25) is 0 Å². The van der Waals surface area contributed by atoms with Crippen molar-refractivity contribution in [1.82, 2.24) is 9.97 Å². The number of Topliss-reactive ketones (excluding diaryl/α,β-unsaturated/α-hetero) is 1. The number of anilines is 2. The summed E-state index contributed by atoms with van der Waals surface area (Å²) in [6, 6.07) is 23.8. The molecule has 0 aliphatic heterocycles. The summed E-state index contributed by atoms with van der Waals surface area (Å²) in [7, 11) is 0. The van der Waals surface area contributed by atoms with Crippen LogP contribution >= 0.6 is 0 Å². The number of aromatic nitrogens is 2. The Labute approximate surface area is 353 Å². The van der Waals surface area contributed by atoms with Gasteiger partial charge in [-0.2, -0.15) is 0 Å². The Kier molecular flexibility index (Phi) is 20.0. The Morgan fingerprint density at radius 2 is 1.42 bits per heavy atom. The number of fused-ring (bicyclic) bond motifs is 1. The molecule has 2 aromatic heterocycles. The van der Waals surface area contributed by atoms with Crippen LogP contribution in [0, 0.1) is 6.92 Å². The molecule has 5 rings (SSSR count). The molecule has 18 nitrogen and oxygen atoms in total. The Bertz CT molecular complexity index is 2500. The predicted molar refractivity (Wildman–Crippen MR) is 226 cm³/mol. The largest absolute Gasteiger partial charge is 0.494 e. The molecule has 62 heavy (non-hydrogen) atoms. The number of carbonyl (C=O) groups is 8. The van der Waals surface area contributed by atoms with Crippen molar-refractivity contribution < 1.29 is 68.6 Å². The molecule has 0 fully saturated rings. The molecule has 18 heteroatoms. The number of nitrogens with zero attached hydrogens (tertiary/aromatic N) is 2. The fourth-order valence-corrected chi connectivity index (χ4v) is 4.79. The summed E-state index contributed by atoms with van der Waals surface area (Å²) in [5.74, 6) is -6.33. The Morgan fingerprint density at radius 3 is 1.98 bits per heavy atom. The van der Waals surface area contributed by atoms with E-state index in [9.17, 15) is 43.5 Å². The summed E-state index contributed by atoms with van der Waals surface area (Å²) in [4.78, 5) is 94.0. The van der Waals surface area contributed by atoms with Gasteiger partial charge in [0.05, 0.1) is 41.1 Å². The predicted octanol–water partition coefficient (Wildman–Crippen LogP) is 6.37. The number of hydrogen-bond acceptors (Lipinski definition) is 11. The maximum Gasteiger partial charge on any atom is 0.337 e. The van der Waals surface area contributed by atoms with E-state index in [1.54, 1.807) is 60.9 Å². The van der Waals surface area contributed by atoms with Gasteiger partial charge in [0.2, 0.25) is 11.8 Å². The molecule has 0 unspecified atom stereocenters. The highest BCUT2D eigenvalue weighted by molar-refractivity contribution is 6.07. The van der Waals surface area contributed by atoms with Crippen LogP contribution in [0.3, 0.4) is 0 Å². The van der Waals surface area contributed by atoms with Crippen LogP contribution in [0.15, 0.2) is 121 Å². The number of amides is 2. The van der Waals surface area contributed by atoms with Gasteiger partial charge in [-0.1, -0.05) is 29.8 Å². The molecule has 0 bridgehead atoms. The minimum atomic E-state index is -1.24. The first-order valence-electron chi connectivity index (χ1n) is 18.1. The molecule has 322 valence electrons. The number of pyridine rings is 2. The van der Waals surface area contributed by atoms with Crippen LogP contribution in [0.4, 0.5) is 11.4 Å². The number of carboxylic acid groups (broad SMARTS) is 5. The summed E-state index contributed by atoms with van der Waals surface area (Å²) in [6.07, 6.45) is 5.47. The average molecular weight is 851 g/mol. The summed E-state index contributed by atoms with van der Waals surface area (Å²) in [5.41, 5.74) is 3.94. The third-order valence-corrected chi connectivity index (χ3v) is 7.46. The number of carboxylic acids is 5. The van der Waals surface area contributed by atoms with Gasteiger partial charge in [-0.05, 0) is 82.3 Å². The molecule has 0 atom stereocenters. The van der Waals surface area contributed by atoms with Gasteiger partial charge < -0.3 is 40.9 Å². The van der Waals surface area contributed by atoms with E-state index in [1.807, 2.05) is 38.1 Å². The van der Waals surface area contributed by atoms with E-state index in [0.717, 1.165) is 23.3 Å². The second-order valence-electron chi connectivity index (χ2n) is 12.5. The molecule has 7 N–H and O–H groups in total. The highest BCUT2D eigenvalue weighted by Crippen LogP contribution is 2.25. The lowest BCUT2D eigenvalue weighted by Crippen LogP contribution is -2.16. The zero-order chi connectivity index (χ0) is 46.4. The van der Waals surface area contributed by atoms with E-state index in [2.05, 4.69) is 20.6 Å². The van der Waals surface area contributed by atoms with Crippen molar-refractivity contribution >= 4 is 69.7 Å². The molecule has 5 aromatic rings. The Morgan fingerprint density at radius 1 is 0.726 bits per heavy atom. The molecule has 2 amide bonds. The van der Waals surface area contributed by atoms with Gasteiger partial charge in [-0.25, -0.2) is 29.0 Å². The molecule has 0 aliphatic carbocycles. The molecule has 0 radical (unpaired) electrons. The number of hydrogen-bond donors (Lipinski definition) is 7. The molecule has 3 aromatic carbocycles. The molecule has 0 aliphatic rings. The lowest BCUT2D eigenvalue weighted by Gasteiger charge is -2.07. The van der Waals surface area contributed by atoms with Crippen molar-refractivity contribution in [2.75, 3.05) is 17.2 Å². The van der Waals surface area contributed by atoms with E-state index in [-0.39, 0.29) is 34.6 Å². The lowest BCUT2D eigenvalue weighted by molar-refractivity contribution is -0.135. The Hall–Kier alpha value is -8.54. The van der Waals surface area contributed by atoms with Gasteiger partial charge in [0.1, 0.15) is 11.5 Å². The van der Waals surface area contributed by atoms with Gasteiger partial charge in [-0.3, -0.25) is 19.4 Å². The average Bonchev–Trinajstić information content (AvgIpc) is 3.20. The van der Waals surface area contributed by atoms with Crippen LogP contribution in [0.25, 0.3) is 22.2 Å². The minimum absolute atomic E-state index is 0.000554. The first kappa shape index (κ1) is 49.6. The number of ketones is 1. The highest BCUT2D eigenvalue weighted by Gasteiger charge is 2.14. The van der Waals surface area contributed by atoms with E-state index >= 15 is 0 Å². The third-order valence-electron chi connectivity index (χ3n) is 7.46. The van der Waals surface area contributed by atoms with Crippen LogP contribution in [0.5, 0.6) is 5.75 Å². The number of rotatable bonds is 13. The lowest BCUT2D eigenvalue weighted by atomic mass is 10.0. The Balaban J connectivity index is 0.000000294. The fourth-order valence-electron chi connectivity index (χ4n) is 4.79. The zero-order valence-corrected chi connectivity index (χ0v) is 33.7. The quantitative estimate of drug-likeness (QED) is 0.0500. The van der Waals surface area contributed by atoms with E-state index in [4.69, 9.17) is 25.2 Å². The normalized spacial score (nSPS) is 10.3. The van der Waals surface area contributed by atoms with Crippen molar-refractivity contribution in [2.45, 2.75) is 34.1 Å². The number of benzene rings is 3. The first-order valence-corrected chi connectivity index (χ1v) is 18.1. The minimum Gasteiger partial charge on any atom is -0.494 e. The SMILES string of the molecule is C/C(=C/C(=O)O)C(=O)O.CC(=O)CC(=O)Nc1ccccc1C(=O)O.CCOc1cccc(NC(=O)/C=C\C(=O)O)c1.Cc1ccc2nc(-c3cccnc3)cc(C(=O)O)c2c1. The summed E-state index contributed by atoms with van der Waals surface area (Å²) in [6.45, 7) is 6.84. The van der Waals surface area contributed by atoms with Crippen molar-refractivity contribution in [3.8, 4) is 17.0 Å². The van der Waals surface area contributed by atoms with Crippen molar-refractivity contribution in [2.24, 2.45) is 0 Å². The molecular weight excluding hydrogens is 808 g/mol. The van der Waals surface area contributed by atoms with Crippen LogP contribution in [-0.4, -0.2) is 89.6 Å². The van der Waals surface area contributed by atoms with Crippen molar-refractivity contribution in [1.29, 1.82) is 0 Å². The number of carbonyl (C=O) groups excluding carboxylic acids is 3. The highest BCUT2D eigenvalue weighted by atomic mass is 16.5. The second kappa shape index (κ2) is 25.1. The van der Waals surface area contributed by atoms with E-state index in [0.29, 0.717) is 40.7 Å². The van der Waals surface area contributed by atoms with Gasteiger partial charge in [-0.15, -0.1) is 0 Å².